The van der Waals surface area contributed by atoms with Crippen molar-refractivity contribution in [3.63, 3.8) is 0 Å². The van der Waals surface area contributed by atoms with Gasteiger partial charge in [-0.1, -0.05) is 11.6 Å². The minimum Gasteiger partial charge on any atom is -0.508 e. The molecule has 0 fully saturated rings. The predicted molar refractivity (Wildman–Crippen MR) is 82.6 cm³/mol. The molecule has 2 aromatic heterocycles. The average molecular weight is 337 g/mol. The van der Waals surface area contributed by atoms with E-state index in [2.05, 4.69) is 0 Å². The number of carbonyl (C=O) groups is 1. The molecule has 0 aliphatic heterocycles. The summed E-state index contributed by atoms with van der Waals surface area (Å²) >= 11 is 6.89. The fourth-order valence-corrected chi connectivity index (χ4v) is 2.91. The summed E-state index contributed by atoms with van der Waals surface area (Å²) in [6.45, 7) is -0.0821. The average Bonchev–Trinajstić information content (AvgIpc) is 2.90. The maximum atomic E-state index is 11.9. The molecule has 0 aliphatic carbocycles. The second-order valence-electron chi connectivity index (χ2n) is 4.45. The highest BCUT2D eigenvalue weighted by Gasteiger charge is 2.12. The van der Waals surface area contributed by atoms with E-state index < -0.39 is 11.6 Å². The van der Waals surface area contributed by atoms with Crippen molar-refractivity contribution < 1.29 is 19.1 Å². The number of rotatable bonds is 3. The van der Waals surface area contributed by atoms with Gasteiger partial charge in [0.2, 0.25) is 0 Å². The number of phenols is 1. The quantitative estimate of drug-likeness (QED) is 0.584. The van der Waals surface area contributed by atoms with Gasteiger partial charge in [0.15, 0.2) is 0 Å². The number of hydrogen-bond donors (Lipinski definition) is 1. The summed E-state index contributed by atoms with van der Waals surface area (Å²) in [5, 5.41) is 10.0. The maximum absolute atomic E-state index is 11.9. The van der Waals surface area contributed by atoms with Crippen molar-refractivity contribution in [1.29, 1.82) is 0 Å². The number of fused-ring (bicyclic) bond motifs is 1. The normalized spacial score (nSPS) is 10.8. The van der Waals surface area contributed by atoms with Crippen molar-refractivity contribution in [3.8, 4) is 5.75 Å². The maximum Gasteiger partial charge on any atom is 0.348 e. The largest absolute Gasteiger partial charge is 0.508 e. The van der Waals surface area contributed by atoms with Crippen LogP contribution in [0, 0.1) is 0 Å². The summed E-state index contributed by atoms with van der Waals surface area (Å²) in [5.41, 5.74) is 0.156. The molecule has 0 atom stereocenters. The van der Waals surface area contributed by atoms with Crippen LogP contribution >= 0.6 is 22.9 Å². The van der Waals surface area contributed by atoms with E-state index in [1.165, 1.54) is 18.2 Å². The van der Waals surface area contributed by atoms with E-state index in [9.17, 15) is 14.7 Å². The van der Waals surface area contributed by atoms with Crippen LogP contribution in [0.2, 0.25) is 4.34 Å². The highest BCUT2D eigenvalue weighted by molar-refractivity contribution is 7.17. The van der Waals surface area contributed by atoms with Crippen molar-refractivity contribution in [2.45, 2.75) is 6.61 Å². The molecule has 0 amide bonds. The van der Waals surface area contributed by atoms with Gasteiger partial charge in [-0.15, -0.1) is 11.3 Å². The molecule has 7 heteroatoms. The molecule has 0 saturated carbocycles. The van der Waals surface area contributed by atoms with Gasteiger partial charge in [-0.3, -0.25) is 0 Å². The smallest absolute Gasteiger partial charge is 0.348 e. The van der Waals surface area contributed by atoms with Crippen LogP contribution in [0.15, 0.2) is 45.6 Å². The number of halogens is 1. The Kier molecular flexibility index (Phi) is 3.87. The van der Waals surface area contributed by atoms with Crippen LogP contribution in [0.3, 0.4) is 0 Å². The zero-order valence-corrected chi connectivity index (χ0v) is 12.6. The number of thiophene rings is 1. The van der Waals surface area contributed by atoms with E-state index in [1.54, 1.807) is 18.2 Å². The summed E-state index contributed by atoms with van der Waals surface area (Å²) in [7, 11) is 0. The van der Waals surface area contributed by atoms with Gasteiger partial charge >= 0.3 is 11.6 Å². The van der Waals surface area contributed by atoms with Gasteiger partial charge in [0.05, 0.1) is 4.34 Å². The molecule has 0 bridgehead atoms. The fourth-order valence-electron chi connectivity index (χ4n) is 1.98. The minimum absolute atomic E-state index is 0.0157. The van der Waals surface area contributed by atoms with Crippen LogP contribution in [0.25, 0.3) is 11.0 Å². The number of aromatic hydroxyl groups is 1. The zero-order chi connectivity index (χ0) is 15.7. The van der Waals surface area contributed by atoms with E-state index in [1.807, 2.05) is 0 Å². The van der Waals surface area contributed by atoms with Crippen molar-refractivity contribution in [2.75, 3.05) is 0 Å². The third-order valence-corrected chi connectivity index (χ3v) is 4.16. The SMILES string of the molecule is O=C(OCc1cc(=O)oc2cc(O)ccc12)c1ccc(Cl)s1. The number of hydrogen-bond acceptors (Lipinski definition) is 6. The Morgan fingerprint density at radius 3 is 2.82 bits per heavy atom. The number of phenolic OH excluding ortho intramolecular Hbond substituents is 1. The molecule has 22 heavy (non-hydrogen) atoms. The van der Waals surface area contributed by atoms with Crippen LogP contribution in [0.4, 0.5) is 0 Å². The van der Waals surface area contributed by atoms with Gasteiger partial charge in [-0.25, -0.2) is 9.59 Å². The molecule has 0 radical (unpaired) electrons. The molecule has 0 saturated heterocycles. The lowest BCUT2D eigenvalue weighted by atomic mass is 10.1. The molecule has 3 aromatic rings. The second-order valence-corrected chi connectivity index (χ2v) is 6.17. The zero-order valence-electron chi connectivity index (χ0n) is 11.0. The van der Waals surface area contributed by atoms with E-state index >= 15 is 0 Å². The van der Waals surface area contributed by atoms with Gasteiger partial charge in [0, 0.05) is 23.1 Å². The van der Waals surface area contributed by atoms with Gasteiger partial charge in [0.1, 0.15) is 22.8 Å². The van der Waals surface area contributed by atoms with Gasteiger partial charge in [0.25, 0.3) is 0 Å². The van der Waals surface area contributed by atoms with Crippen molar-refractivity contribution >= 4 is 39.9 Å². The fraction of sp³-hybridized carbons (Fsp3) is 0.0667. The first kappa shape index (κ1) is 14.6. The van der Waals surface area contributed by atoms with Crippen molar-refractivity contribution in [1.82, 2.24) is 0 Å². The first-order chi connectivity index (χ1) is 10.5. The Morgan fingerprint density at radius 1 is 1.27 bits per heavy atom. The molecule has 0 unspecified atom stereocenters. The third kappa shape index (κ3) is 2.98. The monoisotopic (exact) mass is 336 g/mol. The van der Waals surface area contributed by atoms with Gasteiger partial charge in [-0.2, -0.15) is 0 Å². The number of carbonyl (C=O) groups excluding carboxylic acids is 1. The molecule has 1 aromatic carbocycles. The molecule has 0 aliphatic rings. The Hall–Kier alpha value is -2.31. The Labute approximate surface area is 133 Å². The molecular weight excluding hydrogens is 328 g/mol. The van der Waals surface area contributed by atoms with E-state index in [-0.39, 0.29) is 17.9 Å². The molecule has 3 rings (SSSR count). The molecule has 2 heterocycles. The first-order valence-corrected chi connectivity index (χ1v) is 7.40. The van der Waals surface area contributed by atoms with Gasteiger partial charge in [-0.05, 0) is 24.3 Å². The molecule has 1 N–H and O–H groups in total. The summed E-state index contributed by atoms with van der Waals surface area (Å²) < 4.78 is 10.7. The molecule has 0 spiro atoms. The lowest BCUT2D eigenvalue weighted by molar-refractivity contribution is 0.0479. The Bertz CT molecular complexity index is 912. The van der Waals surface area contributed by atoms with Crippen molar-refractivity contribution in [2.24, 2.45) is 0 Å². The predicted octanol–water partition coefficient (Wildman–Crippen LogP) is 3.57. The number of ether oxygens (including phenoxy) is 1. The van der Waals surface area contributed by atoms with Gasteiger partial charge < -0.3 is 14.3 Å². The lowest BCUT2D eigenvalue weighted by Gasteiger charge is -2.06. The van der Waals surface area contributed by atoms with E-state index in [4.69, 9.17) is 20.8 Å². The summed E-state index contributed by atoms with van der Waals surface area (Å²) in [6, 6.07) is 8.84. The van der Waals surface area contributed by atoms with Crippen LogP contribution in [0.1, 0.15) is 15.2 Å². The molecular formula is C15H9ClO5S. The van der Waals surface area contributed by atoms with Crippen LogP contribution in [0.5, 0.6) is 5.75 Å². The Balaban J connectivity index is 1.87. The standard InChI is InChI=1S/C15H9ClO5S/c16-13-4-3-12(22-13)15(19)20-7-8-5-14(18)21-11-6-9(17)1-2-10(8)11/h1-6,17H,7H2. The highest BCUT2D eigenvalue weighted by Crippen LogP contribution is 2.24. The second kappa shape index (κ2) is 5.82. The Morgan fingerprint density at radius 2 is 2.09 bits per heavy atom. The summed E-state index contributed by atoms with van der Waals surface area (Å²) in [4.78, 5) is 23.8. The van der Waals surface area contributed by atoms with Crippen LogP contribution < -0.4 is 5.63 Å². The summed E-state index contributed by atoms with van der Waals surface area (Å²) in [5.74, 6) is -0.532. The third-order valence-electron chi connectivity index (χ3n) is 2.95. The topological polar surface area (TPSA) is 76.7 Å². The number of benzene rings is 1. The van der Waals surface area contributed by atoms with Crippen molar-refractivity contribution in [3.05, 3.63) is 61.6 Å². The lowest BCUT2D eigenvalue weighted by Crippen LogP contribution is -2.06. The highest BCUT2D eigenvalue weighted by atomic mass is 35.5. The molecule has 5 nitrogen and oxygen atoms in total. The summed E-state index contributed by atoms with van der Waals surface area (Å²) in [6.07, 6.45) is 0. The number of esters is 1. The van der Waals surface area contributed by atoms with E-state index in [0.29, 0.717) is 20.2 Å². The minimum atomic E-state index is -0.580. The molecule has 112 valence electrons. The van der Waals surface area contributed by atoms with Crippen LogP contribution in [-0.4, -0.2) is 11.1 Å². The first-order valence-electron chi connectivity index (χ1n) is 6.21. The van der Waals surface area contributed by atoms with E-state index in [0.717, 1.165) is 11.3 Å². The van der Waals surface area contributed by atoms with Crippen LogP contribution in [-0.2, 0) is 11.3 Å².